The van der Waals surface area contributed by atoms with Gasteiger partial charge in [-0.15, -0.1) is 0 Å². The number of thiol groups is 1. The van der Waals surface area contributed by atoms with Gasteiger partial charge >= 0.3 is 5.97 Å². The van der Waals surface area contributed by atoms with Crippen molar-refractivity contribution >= 4 is 24.5 Å². The maximum atomic E-state index is 11.6. The molecule has 0 aliphatic heterocycles. The molecule has 0 bridgehead atoms. The fourth-order valence-electron chi connectivity index (χ4n) is 1.59. The first-order valence-corrected chi connectivity index (χ1v) is 6.35. The van der Waals surface area contributed by atoms with Crippen LogP contribution in [0.4, 0.5) is 0 Å². The average Bonchev–Trinajstić information content (AvgIpc) is 2.34. The molecule has 0 aliphatic rings. The van der Waals surface area contributed by atoms with Gasteiger partial charge < -0.3 is 10.4 Å². The van der Waals surface area contributed by atoms with Gasteiger partial charge in [0.25, 0.3) is 0 Å². The van der Waals surface area contributed by atoms with Crippen molar-refractivity contribution < 1.29 is 14.7 Å². The highest BCUT2D eigenvalue weighted by Crippen LogP contribution is 2.09. The third kappa shape index (κ3) is 4.41. The zero-order chi connectivity index (χ0) is 13.5. The van der Waals surface area contributed by atoms with Crippen molar-refractivity contribution in [2.75, 3.05) is 5.75 Å². The highest BCUT2D eigenvalue weighted by atomic mass is 32.1. The first kappa shape index (κ1) is 14.6. The Kier molecular flexibility index (Phi) is 5.71. The summed E-state index contributed by atoms with van der Waals surface area (Å²) in [6.45, 7) is 1.99. The van der Waals surface area contributed by atoms with Crippen LogP contribution >= 0.6 is 12.6 Å². The van der Waals surface area contributed by atoms with Crippen LogP contribution in [-0.4, -0.2) is 28.8 Å². The molecule has 0 heterocycles. The molecule has 0 unspecified atom stereocenters. The van der Waals surface area contributed by atoms with Gasteiger partial charge in [0.15, 0.2) is 0 Å². The van der Waals surface area contributed by atoms with Crippen LogP contribution in [0.15, 0.2) is 24.3 Å². The molecule has 4 nitrogen and oxygen atoms in total. The lowest BCUT2D eigenvalue weighted by molar-refractivity contribution is -0.141. The van der Waals surface area contributed by atoms with Gasteiger partial charge in [0.2, 0.25) is 5.91 Å². The van der Waals surface area contributed by atoms with Gasteiger partial charge in [-0.05, 0) is 24.5 Å². The Morgan fingerprint density at radius 3 is 2.61 bits per heavy atom. The molecule has 1 aromatic rings. The van der Waals surface area contributed by atoms with E-state index in [0.29, 0.717) is 6.42 Å². The number of carbonyl (C=O) groups is 2. The average molecular weight is 267 g/mol. The van der Waals surface area contributed by atoms with Crippen molar-refractivity contribution in [3.63, 3.8) is 0 Å². The maximum absolute atomic E-state index is 11.6. The number of aliphatic carboxylic acids is 1. The molecule has 18 heavy (non-hydrogen) atoms. The van der Waals surface area contributed by atoms with Crippen molar-refractivity contribution in [2.45, 2.75) is 25.8 Å². The van der Waals surface area contributed by atoms with Crippen LogP contribution in [0.3, 0.4) is 0 Å². The molecule has 1 aromatic carbocycles. The minimum atomic E-state index is -1.06. The second kappa shape index (κ2) is 7.06. The highest BCUT2D eigenvalue weighted by Gasteiger charge is 2.17. The summed E-state index contributed by atoms with van der Waals surface area (Å²) in [5.41, 5.74) is 2.24. The Morgan fingerprint density at radius 2 is 2.06 bits per heavy atom. The molecule has 0 fully saturated rings. The van der Waals surface area contributed by atoms with E-state index in [0.717, 1.165) is 11.1 Å². The van der Waals surface area contributed by atoms with Gasteiger partial charge in [-0.1, -0.05) is 24.3 Å². The number of carbonyl (C=O) groups excluding carboxylic acids is 1. The summed E-state index contributed by atoms with van der Waals surface area (Å²) in [6, 6.07) is 6.91. The molecule has 0 spiro atoms. The summed E-state index contributed by atoms with van der Waals surface area (Å²) in [4.78, 5) is 22.3. The Balaban J connectivity index is 2.47. The number of nitrogens with one attached hydrogen (secondary N) is 1. The van der Waals surface area contributed by atoms with Crippen LogP contribution in [0.2, 0.25) is 0 Å². The second-order valence-corrected chi connectivity index (χ2v) is 4.43. The predicted octanol–water partition coefficient (Wildman–Crippen LogP) is 1.43. The zero-order valence-electron chi connectivity index (χ0n) is 10.2. The van der Waals surface area contributed by atoms with E-state index >= 15 is 0 Å². The van der Waals surface area contributed by atoms with Gasteiger partial charge in [0, 0.05) is 12.2 Å². The molecule has 0 saturated heterocycles. The van der Waals surface area contributed by atoms with Crippen molar-refractivity contribution in [1.29, 1.82) is 0 Å². The number of rotatable bonds is 6. The van der Waals surface area contributed by atoms with Crippen molar-refractivity contribution in [3.05, 3.63) is 35.4 Å². The largest absolute Gasteiger partial charge is 0.480 e. The molecule has 1 rings (SSSR count). The second-order valence-electron chi connectivity index (χ2n) is 4.07. The summed E-state index contributed by atoms with van der Waals surface area (Å²) >= 11 is 3.89. The van der Waals surface area contributed by atoms with E-state index < -0.39 is 12.0 Å². The lowest BCUT2D eigenvalue weighted by Crippen LogP contribution is -2.42. The van der Waals surface area contributed by atoms with E-state index in [9.17, 15) is 9.59 Å². The molecule has 1 amide bonds. The fraction of sp³-hybridized carbons (Fsp3) is 0.385. The van der Waals surface area contributed by atoms with Crippen LogP contribution in [-0.2, 0) is 16.0 Å². The van der Waals surface area contributed by atoms with E-state index in [4.69, 9.17) is 5.11 Å². The van der Waals surface area contributed by atoms with E-state index in [1.165, 1.54) is 0 Å². The number of hydrogen-bond acceptors (Lipinski definition) is 3. The molecule has 0 radical (unpaired) electrons. The zero-order valence-corrected chi connectivity index (χ0v) is 11.1. The third-order valence-corrected chi connectivity index (χ3v) is 3.06. The normalized spacial score (nSPS) is 11.9. The molecule has 98 valence electrons. The van der Waals surface area contributed by atoms with Crippen molar-refractivity contribution in [2.24, 2.45) is 0 Å². The Hall–Kier alpha value is -1.49. The highest BCUT2D eigenvalue weighted by molar-refractivity contribution is 7.80. The Morgan fingerprint density at radius 1 is 1.39 bits per heavy atom. The molecule has 1 atom stereocenters. The lowest BCUT2D eigenvalue weighted by atomic mass is 10.0. The van der Waals surface area contributed by atoms with Crippen LogP contribution in [0.5, 0.6) is 0 Å². The minimum Gasteiger partial charge on any atom is -0.480 e. The molecule has 0 saturated carbocycles. The minimum absolute atomic E-state index is 0.0887. The number of carboxylic acids is 1. The lowest BCUT2D eigenvalue weighted by Gasteiger charge is -2.12. The third-order valence-electron chi connectivity index (χ3n) is 2.70. The Labute approximate surface area is 112 Å². The number of benzene rings is 1. The van der Waals surface area contributed by atoms with Gasteiger partial charge in [0.1, 0.15) is 6.04 Å². The summed E-state index contributed by atoms with van der Waals surface area (Å²) in [5, 5.41) is 11.2. The van der Waals surface area contributed by atoms with E-state index in [2.05, 4.69) is 17.9 Å². The fourth-order valence-corrected chi connectivity index (χ4v) is 1.84. The first-order chi connectivity index (χ1) is 8.54. The van der Waals surface area contributed by atoms with Crippen LogP contribution in [0, 0.1) is 6.92 Å². The number of amides is 1. The van der Waals surface area contributed by atoms with E-state index in [-0.39, 0.29) is 18.1 Å². The topological polar surface area (TPSA) is 66.4 Å². The predicted molar refractivity (Wildman–Crippen MR) is 72.9 cm³/mol. The SMILES string of the molecule is Cc1ccccc1CCC(=O)N[C@@H](CS)C(=O)O. The summed E-state index contributed by atoms with van der Waals surface area (Å²) in [7, 11) is 0. The molecular formula is C13H17NO3S. The molecule has 0 aromatic heterocycles. The molecule has 0 aliphatic carbocycles. The summed E-state index contributed by atoms with van der Waals surface area (Å²) in [5.74, 6) is -1.24. The van der Waals surface area contributed by atoms with Crippen molar-refractivity contribution in [3.8, 4) is 0 Å². The smallest absolute Gasteiger partial charge is 0.327 e. The summed E-state index contributed by atoms with van der Waals surface area (Å²) in [6.07, 6.45) is 0.889. The van der Waals surface area contributed by atoms with Gasteiger partial charge in [-0.25, -0.2) is 4.79 Å². The van der Waals surface area contributed by atoms with Gasteiger partial charge in [0.05, 0.1) is 0 Å². The standard InChI is InChI=1S/C13H17NO3S/c1-9-4-2-3-5-10(9)6-7-12(15)14-11(8-18)13(16)17/h2-5,11,18H,6-8H2,1H3,(H,14,15)(H,16,17)/t11-/m0/s1. The van der Waals surface area contributed by atoms with Crippen LogP contribution in [0.25, 0.3) is 0 Å². The Bertz CT molecular complexity index is 434. The molecular weight excluding hydrogens is 250 g/mol. The summed E-state index contributed by atoms with van der Waals surface area (Å²) < 4.78 is 0. The van der Waals surface area contributed by atoms with Gasteiger partial charge in [-0.3, -0.25) is 4.79 Å². The number of carboxylic acid groups (broad SMARTS) is 1. The van der Waals surface area contributed by atoms with E-state index in [1.807, 2.05) is 31.2 Å². The number of hydrogen-bond donors (Lipinski definition) is 3. The van der Waals surface area contributed by atoms with Gasteiger partial charge in [-0.2, -0.15) is 12.6 Å². The van der Waals surface area contributed by atoms with Crippen LogP contribution < -0.4 is 5.32 Å². The monoisotopic (exact) mass is 267 g/mol. The molecule has 5 heteroatoms. The van der Waals surface area contributed by atoms with Crippen molar-refractivity contribution in [1.82, 2.24) is 5.32 Å². The number of aryl methyl sites for hydroxylation is 2. The maximum Gasteiger partial charge on any atom is 0.327 e. The quantitative estimate of drug-likeness (QED) is 0.683. The molecule has 2 N–H and O–H groups in total. The first-order valence-electron chi connectivity index (χ1n) is 5.72. The van der Waals surface area contributed by atoms with E-state index in [1.54, 1.807) is 0 Å². The van der Waals surface area contributed by atoms with Crippen LogP contribution in [0.1, 0.15) is 17.5 Å².